The molecule has 4 heteroatoms. The van der Waals surface area contributed by atoms with Crippen LogP contribution < -0.4 is 5.73 Å². The van der Waals surface area contributed by atoms with E-state index in [1.54, 1.807) is 18.2 Å². The molecule has 0 aliphatic carbocycles. The van der Waals surface area contributed by atoms with Gasteiger partial charge in [-0.05, 0) is 43.4 Å². The predicted molar refractivity (Wildman–Crippen MR) is 79.4 cm³/mol. The Labute approximate surface area is 119 Å². The van der Waals surface area contributed by atoms with E-state index in [1.165, 1.54) is 12.8 Å². The molecule has 1 amide bonds. The van der Waals surface area contributed by atoms with Crippen molar-refractivity contribution in [2.24, 2.45) is 5.92 Å². The molecule has 1 fully saturated rings. The second kappa shape index (κ2) is 6.29. The highest BCUT2D eigenvalue weighted by atomic mass is 35.5. The van der Waals surface area contributed by atoms with Crippen LogP contribution in [0.2, 0.25) is 5.02 Å². The van der Waals surface area contributed by atoms with Gasteiger partial charge in [0, 0.05) is 18.8 Å². The third-order valence-corrected chi connectivity index (χ3v) is 4.25. The monoisotopic (exact) mass is 280 g/mol. The van der Waals surface area contributed by atoms with Crippen molar-refractivity contribution in [2.75, 3.05) is 18.8 Å². The van der Waals surface area contributed by atoms with Crippen LogP contribution in [0.4, 0.5) is 5.69 Å². The Balaban J connectivity index is 2.10. The lowest BCUT2D eigenvalue weighted by Crippen LogP contribution is -2.32. The Bertz CT molecular complexity index is 461. The normalized spacial score (nSPS) is 20.1. The molecule has 0 aromatic heterocycles. The average Bonchev–Trinajstić information content (AvgIpc) is 2.63. The number of benzene rings is 1. The summed E-state index contributed by atoms with van der Waals surface area (Å²) in [6.45, 7) is 3.88. The summed E-state index contributed by atoms with van der Waals surface area (Å²) in [7, 11) is 0. The summed E-state index contributed by atoms with van der Waals surface area (Å²) in [6.07, 6.45) is 4.59. The molecule has 1 aliphatic heterocycles. The number of nitrogen functional groups attached to an aromatic ring is 1. The molecule has 1 aromatic rings. The lowest BCUT2D eigenvalue weighted by Gasteiger charge is -2.21. The summed E-state index contributed by atoms with van der Waals surface area (Å²) in [6, 6.07) is 5.09. The molecular formula is C15H21ClN2O. The lowest BCUT2D eigenvalue weighted by molar-refractivity contribution is 0.0760. The van der Waals surface area contributed by atoms with E-state index in [2.05, 4.69) is 6.92 Å². The number of carbonyl (C=O) groups excluding carboxylic acids is 1. The summed E-state index contributed by atoms with van der Waals surface area (Å²) >= 11 is 6.11. The molecule has 3 nitrogen and oxygen atoms in total. The van der Waals surface area contributed by atoms with Gasteiger partial charge in [-0.1, -0.05) is 24.9 Å². The van der Waals surface area contributed by atoms with E-state index in [9.17, 15) is 4.79 Å². The van der Waals surface area contributed by atoms with Gasteiger partial charge in [-0.2, -0.15) is 0 Å². The third kappa shape index (κ3) is 3.41. The number of rotatable bonds is 2. The van der Waals surface area contributed by atoms with Gasteiger partial charge < -0.3 is 10.6 Å². The molecule has 0 saturated carbocycles. The van der Waals surface area contributed by atoms with Gasteiger partial charge >= 0.3 is 0 Å². The fourth-order valence-corrected chi connectivity index (χ4v) is 2.92. The van der Waals surface area contributed by atoms with Crippen LogP contribution in [0.5, 0.6) is 0 Å². The Kier molecular flexibility index (Phi) is 4.70. The topological polar surface area (TPSA) is 46.3 Å². The minimum atomic E-state index is 0.0294. The number of halogens is 1. The summed E-state index contributed by atoms with van der Waals surface area (Å²) in [5, 5.41) is 0.446. The van der Waals surface area contributed by atoms with Crippen molar-refractivity contribution in [3.8, 4) is 0 Å². The first kappa shape index (κ1) is 14.2. The zero-order valence-electron chi connectivity index (χ0n) is 11.4. The van der Waals surface area contributed by atoms with Crippen LogP contribution in [-0.4, -0.2) is 23.9 Å². The van der Waals surface area contributed by atoms with Gasteiger partial charge in [-0.15, -0.1) is 0 Å². The molecule has 1 aromatic carbocycles. The van der Waals surface area contributed by atoms with Gasteiger partial charge in [-0.25, -0.2) is 0 Å². The van der Waals surface area contributed by atoms with Crippen LogP contribution in [0.25, 0.3) is 0 Å². The molecule has 1 heterocycles. The SMILES string of the molecule is CCC1CCCN(C(=O)c2ccc(N)cc2Cl)CC1. The highest BCUT2D eigenvalue weighted by Gasteiger charge is 2.22. The molecule has 1 unspecified atom stereocenters. The van der Waals surface area contributed by atoms with E-state index < -0.39 is 0 Å². The molecule has 19 heavy (non-hydrogen) atoms. The fourth-order valence-electron chi connectivity index (χ4n) is 2.65. The largest absolute Gasteiger partial charge is 0.399 e. The van der Waals surface area contributed by atoms with Gasteiger partial charge in [0.05, 0.1) is 10.6 Å². The van der Waals surface area contributed by atoms with Gasteiger partial charge in [0.25, 0.3) is 5.91 Å². The highest BCUT2D eigenvalue weighted by molar-refractivity contribution is 6.34. The molecular weight excluding hydrogens is 260 g/mol. The predicted octanol–water partition coefficient (Wildman–Crippen LogP) is 3.57. The quantitative estimate of drug-likeness (QED) is 0.842. The van der Waals surface area contributed by atoms with Crippen molar-refractivity contribution in [3.05, 3.63) is 28.8 Å². The Morgan fingerprint density at radius 2 is 2.21 bits per heavy atom. The van der Waals surface area contributed by atoms with Crippen molar-refractivity contribution < 1.29 is 4.79 Å². The van der Waals surface area contributed by atoms with Crippen molar-refractivity contribution >= 4 is 23.2 Å². The average molecular weight is 281 g/mol. The van der Waals surface area contributed by atoms with Crippen molar-refractivity contribution in [1.82, 2.24) is 4.90 Å². The van der Waals surface area contributed by atoms with E-state index in [1.807, 2.05) is 4.90 Å². The second-order valence-corrected chi connectivity index (χ2v) is 5.64. The van der Waals surface area contributed by atoms with Crippen LogP contribution in [0.1, 0.15) is 43.0 Å². The Morgan fingerprint density at radius 3 is 2.89 bits per heavy atom. The number of likely N-dealkylation sites (tertiary alicyclic amines) is 1. The van der Waals surface area contributed by atoms with E-state index in [0.717, 1.165) is 31.8 Å². The fraction of sp³-hybridized carbons (Fsp3) is 0.533. The number of hydrogen-bond donors (Lipinski definition) is 1. The molecule has 104 valence electrons. The molecule has 2 rings (SSSR count). The van der Waals surface area contributed by atoms with Crippen LogP contribution in [-0.2, 0) is 0 Å². The maximum absolute atomic E-state index is 12.5. The number of nitrogens with two attached hydrogens (primary N) is 1. The number of amides is 1. The Morgan fingerprint density at radius 1 is 1.42 bits per heavy atom. The van der Waals surface area contributed by atoms with Gasteiger partial charge in [0.15, 0.2) is 0 Å². The summed E-state index contributed by atoms with van der Waals surface area (Å²) in [4.78, 5) is 14.4. The number of nitrogens with zero attached hydrogens (tertiary/aromatic N) is 1. The van der Waals surface area contributed by atoms with Crippen molar-refractivity contribution in [3.63, 3.8) is 0 Å². The molecule has 0 spiro atoms. The van der Waals surface area contributed by atoms with Crippen LogP contribution >= 0.6 is 11.6 Å². The summed E-state index contributed by atoms with van der Waals surface area (Å²) < 4.78 is 0. The lowest BCUT2D eigenvalue weighted by atomic mass is 9.98. The first-order chi connectivity index (χ1) is 9.11. The zero-order chi connectivity index (χ0) is 13.8. The summed E-state index contributed by atoms with van der Waals surface area (Å²) in [5.41, 5.74) is 6.81. The number of hydrogen-bond acceptors (Lipinski definition) is 2. The van der Waals surface area contributed by atoms with E-state index >= 15 is 0 Å². The maximum Gasteiger partial charge on any atom is 0.255 e. The molecule has 0 bridgehead atoms. The van der Waals surface area contributed by atoms with Gasteiger partial charge in [-0.3, -0.25) is 4.79 Å². The maximum atomic E-state index is 12.5. The first-order valence-electron chi connectivity index (χ1n) is 6.96. The zero-order valence-corrected chi connectivity index (χ0v) is 12.1. The molecule has 2 N–H and O–H groups in total. The standard InChI is InChI=1S/C15H21ClN2O/c1-2-11-4-3-8-18(9-7-11)15(19)13-6-5-12(17)10-14(13)16/h5-6,10-11H,2-4,7-9,17H2,1H3. The van der Waals surface area contributed by atoms with E-state index in [4.69, 9.17) is 17.3 Å². The molecule has 1 atom stereocenters. The van der Waals surface area contributed by atoms with Crippen LogP contribution in [0, 0.1) is 5.92 Å². The highest BCUT2D eigenvalue weighted by Crippen LogP contribution is 2.24. The third-order valence-electron chi connectivity index (χ3n) is 3.94. The summed E-state index contributed by atoms with van der Waals surface area (Å²) in [5.74, 6) is 0.779. The first-order valence-corrected chi connectivity index (χ1v) is 7.34. The van der Waals surface area contributed by atoms with Crippen LogP contribution in [0.15, 0.2) is 18.2 Å². The molecule has 1 saturated heterocycles. The van der Waals surface area contributed by atoms with Crippen molar-refractivity contribution in [2.45, 2.75) is 32.6 Å². The van der Waals surface area contributed by atoms with E-state index in [-0.39, 0.29) is 5.91 Å². The van der Waals surface area contributed by atoms with Gasteiger partial charge in [0.2, 0.25) is 0 Å². The minimum absolute atomic E-state index is 0.0294. The second-order valence-electron chi connectivity index (χ2n) is 5.24. The number of carbonyl (C=O) groups is 1. The smallest absolute Gasteiger partial charge is 0.255 e. The molecule has 0 radical (unpaired) electrons. The van der Waals surface area contributed by atoms with Gasteiger partial charge in [0.1, 0.15) is 0 Å². The van der Waals surface area contributed by atoms with Crippen molar-refractivity contribution in [1.29, 1.82) is 0 Å². The molecule has 1 aliphatic rings. The Hall–Kier alpha value is -1.22. The minimum Gasteiger partial charge on any atom is -0.399 e. The number of anilines is 1. The van der Waals surface area contributed by atoms with E-state index in [0.29, 0.717) is 16.3 Å². The van der Waals surface area contributed by atoms with Crippen LogP contribution in [0.3, 0.4) is 0 Å².